The molecule has 184 valence electrons. The zero-order valence-electron chi connectivity index (χ0n) is 20.2. The van der Waals surface area contributed by atoms with E-state index in [2.05, 4.69) is 6.92 Å². The van der Waals surface area contributed by atoms with Crippen molar-refractivity contribution in [2.45, 2.75) is 46.3 Å². The average molecular weight is 495 g/mol. The van der Waals surface area contributed by atoms with Gasteiger partial charge in [0.2, 0.25) is 0 Å². The molecule has 0 fully saturated rings. The Labute approximate surface area is 209 Å². The van der Waals surface area contributed by atoms with Crippen LogP contribution in [0.25, 0.3) is 0 Å². The zero-order valence-corrected chi connectivity index (χ0v) is 21.0. The molecule has 2 heterocycles. The fraction of sp³-hybridized carbons (Fsp3) is 0.333. The van der Waals surface area contributed by atoms with Crippen molar-refractivity contribution in [3.8, 4) is 17.2 Å². The Bertz CT molecular complexity index is 1250. The van der Waals surface area contributed by atoms with Crippen molar-refractivity contribution < 1.29 is 24.5 Å². The van der Waals surface area contributed by atoms with Gasteiger partial charge in [-0.1, -0.05) is 19.4 Å². The minimum absolute atomic E-state index is 0.0151. The summed E-state index contributed by atoms with van der Waals surface area (Å²) in [6.07, 6.45) is 2.03. The smallest absolute Gasteiger partial charge is 0.258 e. The summed E-state index contributed by atoms with van der Waals surface area (Å²) in [5, 5.41) is 20.8. The van der Waals surface area contributed by atoms with E-state index < -0.39 is 11.8 Å². The minimum atomic E-state index is -0.429. The van der Waals surface area contributed by atoms with Gasteiger partial charge in [0.15, 0.2) is 0 Å². The lowest BCUT2D eigenvalue weighted by atomic mass is 10.1. The first-order valence-corrected chi connectivity index (χ1v) is 12.5. The van der Waals surface area contributed by atoms with Crippen molar-refractivity contribution in [1.29, 1.82) is 0 Å². The molecule has 0 atom stereocenters. The van der Waals surface area contributed by atoms with E-state index in [0.717, 1.165) is 45.5 Å². The molecule has 8 heteroatoms. The van der Waals surface area contributed by atoms with Gasteiger partial charge in [-0.3, -0.25) is 9.59 Å². The van der Waals surface area contributed by atoms with Crippen molar-refractivity contribution >= 4 is 23.2 Å². The summed E-state index contributed by atoms with van der Waals surface area (Å²) in [5.41, 5.74) is 1.97. The predicted octanol–water partition coefficient (Wildman–Crippen LogP) is 5.07. The molecule has 0 saturated carbocycles. The Hall–Kier alpha value is -3.52. The van der Waals surface area contributed by atoms with E-state index in [0.29, 0.717) is 26.2 Å². The molecule has 2 aromatic carbocycles. The maximum Gasteiger partial charge on any atom is 0.258 e. The third-order valence-corrected chi connectivity index (χ3v) is 7.05. The number of aromatic hydroxyl groups is 2. The second-order valence-electron chi connectivity index (χ2n) is 8.85. The second-order valence-corrected chi connectivity index (χ2v) is 10.2. The summed E-state index contributed by atoms with van der Waals surface area (Å²) >= 11 is 1.59. The van der Waals surface area contributed by atoms with Crippen molar-refractivity contribution in [3.05, 3.63) is 74.5 Å². The molecule has 0 bridgehead atoms. The van der Waals surface area contributed by atoms with Crippen LogP contribution in [0.1, 0.15) is 61.4 Å². The standard InChI is InChI=1S/C27H30N2O5S/c1-4-5-10-34-20-8-7-18-14-29(15-19(18)11-20)27(33)23-12-22(24(30)13-25(23)31)26(32)28(3)16-21-9-6-17(2)35-21/h6-9,11-13,30-31H,4-5,10,14-16H2,1-3H3. The number of rotatable bonds is 8. The Morgan fingerprint density at radius 1 is 1.03 bits per heavy atom. The molecule has 7 nitrogen and oxygen atoms in total. The number of carbonyl (C=O) groups is 2. The van der Waals surface area contributed by atoms with Crippen molar-refractivity contribution in [2.75, 3.05) is 13.7 Å². The molecule has 3 aromatic rings. The molecule has 0 spiro atoms. The van der Waals surface area contributed by atoms with Crippen LogP contribution < -0.4 is 4.74 Å². The first-order valence-electron chi connectivity index (χ1n) is 11.7. The van der Waals surface area contributed by atoms with Crippen molar-refractivity contribution in [3.63, 3.8) is 0 Å². The van der Waals surface area contributed by atoms with Gasteiger partial charge in [-0.25, -0.2) is 0 Å². The molecule has 35 heavy (non-hydrogen) atoms. The minimum Gasteiger partial charge on any atom is -0.507 e. The number of carbonyl (C=O) groups excluding carboxylic acids is 2. The topological polar surface area (TPSA) is 90.3 Å². The Morgan fingerprint density at radius 2 is 1.77 bits per heavy atom. The van der Waals surface area contributed by atoms with E-state index in [1.807, 2.05) is 37.3 Å². The Balaban J connectivity index is 1.50. The highest BCUT2D eigenvalue weighted by atomic mass is 32.1. The summed E-state index contributed by atoms with van der Waals surface area (Å²) in [4.78, 5) is 31.6. The van der Waals surface area contributed by atoms with Crippen molar-refractivity contribution in [1.82, 2.24) is 9.80 Å². The molecule has 2 amide bonds. The SMILES string of the molecule is CCCCOc1ccc2c(c1)CN(C(=O)c1cc(C(=O)N(C)Cc3ccc(C)s3)c(O)cc1O)C2. The molecule has 0 aliphatic carbocycles. The van der Waals surface area contributed by atoms with E-state index in [1.165, 1.54) is 11.0 Å². The highest BCUT2D eigenvalue weighted by Crippen LogP contribution is 2.33. The summed E-state index contributed by atoms with van der Waals surface area (Å²) < 4.78 is 5.78. The zero-order chi connectivity index (χ0) is 25.1. The number of benzene rings is 2. The fourth-order valence-electron chi connectivity index (χ4n) is 4.11. The van der Waals surface area contributed by atoms with Crippen molar-refractivity contribution in [2.24, 2.45) is 0 Å². The number of nitrogens with zero attached hydrogens (tertiary/aromatic N) is 2. The highest BCUT2D eigenvalue weighted by molar-refractivity contribution is 7.11. The number of aryl methyl sites for hydroxylation is 1. The summed E-state index contributed by atoms with van der Waals surface area (Å²) in [5.74, 6) is -0.785. The van der Waals surface area contributed by atoms with E-state index in [-0.39, 0.29) is 22.6 Å². The molecule has 2 N–H and O–H groups in total. The van der Waals surface area contributed by atoms with Crippen LogP contribution in [0, 0.1) is 6.92 Å². The summed E-state index contributed by atoms with van der Waals surface area (Å²) in [6, 6.07) is 12.1. The van der Waals surface area contributed by atoms with Gasteiger partial charge in [0.1, 0.15) is 17.2 Å². The maximum atomic E-state index is 13.3. The molecule has 0 unspecified atom stereocenters. The van der Waals surface area contributed by atoms with Gasteiger partial charge in [-0.15, -0.1) is 11.3 Å². The van der Waals surface area contributed by atoms with Gasteiger partial charge < -0.3 is 24.7 Å². The van der Waals surface area contributed by atoms with Crippen LogP contribution in [0.2, 0.25) is 0 Å². The number of hydrogen-bond donors (Lipinski definition) is 2. The first-order chi connectivity index (χ1) is 16.8. The van der Waals surface area contributed by atoms with Gasteiger partial charge in [0.25, 0.3) is 11.8 Å². The van der Waals surface area contributed by atoms with Gasteiger partial charge in [0, 0.05) is 36.0 Å². The normalized spacial score (nSPS) is 12.5. The van der Waals surface area contributed by atoms with Gasteiger partial charge in [-0.05, 0) is 54.8 Å². The maximum absolute atomic E-state index is 13.3. The molecule has 0 radical (unpaired) electrons. The lowest BCUT2D eigenvalue weighted by Crippen LogP contribution is -2.28. The van der Waals surface area contributed by atoms with Crippen LogP contribution >= 0.6 is 11.3 Å². The molecular weight excluding hydrogens is 464 g/mol. The van der Waals surface area contributed by atoms with E-state index in [4.69, 9.17) is 4.74 Å². The van der Waals surface area contributed by atoms with E-state index in [9.17, 15) is 19.8 Å². The Morgan fingerprint density at radius 3 is 2.49 bits per heavy atom. The quantitative estimate of drug-likeness (QED) is 0.427. The largest absolute Gasteiger partial charge is 0.507 e. The Kier molecular flexibility index (Phi) is 7.31. The molecule has 1 aromatic heterocycles. The molecule has 1 aliphatic rings. The molecule has 0 saturated heterocycles. The van der Waals surface area contributed by atoms with E-state index >= 15 is 0 Å². The number of ether oxygens (including phenoxy) is 1. The lowest BCUT2D eigenvalue weighted by Gasteiger charge is -2.20. The predicted molar refractivity (Wildman–Crippen MR) is 135 cm³/mol. The number of phenolic OH excluding ortho intramolecular Hbond substituents is 2. The third-order valence-electron chi connectivity index (χ3n) is 6.06. The van der Waals surface area contributed by atoms with Crippen LogP contribution in [0.4, 0.5) is 0 Å². The third kappa shape index (κ3) is 5.43. The molecular formula is C27H30N2O5S. The highest BCUT2D eigenvalue weighted by Gasteiger charge is 2.28. The van der Waals surface area contributed by atoms with E-state index in [1.54, 1.807) is 23.3 Å². The lowest BCUT2D eigenvalue weighted by molar-refractivity contribution is 0.0748. The number of amides is 2. The van der Waals surface area contributed by atoms with Crippen LogP contribution in [0.15, 0.2) is 42.5 Å². The number of hydrogen-bond acceptors (Lipinski definition) is 6. The van der Waals surface area contributed by atoms with Crippen LogP contribution in [-0.2, 0) is 19.6 Å². The number of phenols is 2. The van der Waals surface area contributed by atoms with Gasteiger partial charge in [0.05, 0.1) is 24.3 Å². The van der Waals surface area contributed by atoms with Crippen LogP contribution in [0.5, 0.6) is 17.2 Å². The number of thiophene rings is 1. The number of fused-ring (bicyclic) bond motifs is 1. The average Bonchev–Trinajstić information content (AvgIpc) is 3.44. The summed E-state index contributed by atoms with van der Waals surface area (Å²) in [6.45, 7) is 5.90. The summed E-state index contributed by atoms with van der Waals surface area (Å²) in [7, 11) is 1.64. The molecule has 4 rings (SSSR count). The van der Waals surface area contributed by atoms with Gasteiger partial charge in [-0.2, -0.15) is 0 Å². The van der Waals surface area contributed by atoms with Crippen LogP contribution in [0.3, 0.4) is 0 Å². The molecule has 1 aliphatic heterocycles. The first kappa shape index (κ1) is 24.6. The van der Waals surface area contributed by atoms with Gasteiger partial charge >= 0.3 is 0 Å². The monoisotopic (exact) mass is 494 g/mol. The second kappa shape index (κ2) is 10.4. The van der Waals surface area contributed by atoms with Crippen LogP contribution in [-0.4, -0.2) is 45.5 Å². The fourth-order valence-corrected chi connectivity index (χ4v) is 5.05. The number of unbranched alkanes of at least 4 members (excludes halogenated alkanes) is 1.